The van der Waals surface area contributed by atoms with Gasteiger partial charge in [-0.15, -0.1) is 0 Å². The molecule has 26 heavy (non-hydrogen) atoms. The number of aromatic nitrogens is 1. The van der Waals surface area contributed by atoms with Crippen molar-refractivity contribution in [3.05, 3.63) is 50.3 Å². The average molecular weight is 361 g/mol. The Kier molecular flexibility index (Phi) is 4.43. The highest BCUT2D eigenvalue weighted by atomic mass is 16.6. The number of pyridine rings is 1. The third kappa shape index (κ3) is 3.02. The summed E-state index contributed by atoms with van der Waals surface area (Å²) in [7, 11) is 1.42. The minimum absolute atomic E-state index is 0.0511. The van der Waals surface area contributed by atoms with Gasteiger partial charge >= 0.3 is 5.97 Å². The molecular formula is C16H15N3O7. The van der Waals surface area contributed by atoms with Gasteiger partial charge in [-0.2, -0.15) is 0 Å². The molecule has 1 aliphatic heterocycles. The molecule has 2 unspecified atom stereocenters. The Morgan fingerprint density at radius 1 is 1.38 bits per heavy atom. The first-order valence-electron chi connectivity index (χ1n) is 7.70. The number of carbonyl (C=O) groups is 2. The lowest BCUT2D eigenvalue weighted by Gasteiger charge is -2.21. The lowest BCUT2D eigenvalue weighted by Crippen LogP contribution is -2.41. The molecule has 2 atom stereocenters. The number of fused-ring (bicyclic) bond motifs is 1. The molecule has 136 valence electrons. The van der Waals surface area contributed by atoms with Crippen LogP contribution in [-0.4, -0.2) is 57.6 Å². The summed E-state index contributed by atoms with van der Waals surface area (Å²) in [6, 6.07) is 3.65. The molecule has 1 aromatic heterocycles. The first-order valence-corrected chi connectivity index (χ1v) is 7.70. The smallest absolute Gasteiger partial charge is 0.326 e. The van der Waals surface area contributed by atoms with E-state index in [0.717, 1.165) is 11.0 Å². The first-order chi connectivity index (χ1) is 12.3. The number of carbonyl (C=O) groups excluding carboxylic acids is 1. The van der Waals surface area contributed by atoms with Crippen molar-refractivity contribution in [3.63, 3.8) is 0 Å². The van der Waals surface area contributed by atoms with Gasteiger partial charge in [0.15, 0.2) is 0 Å². The Morgan fingerprint density at radius 2 is 2.12 bits per heavy atom. The predicted octanol–water partition coefficient (Wildman–Crippen LogP) is 0.750. The lowest BCUT2D eigenvalue weighted by molar-refractivity contribution is -0.384. The summed E-state index contributed by atoms with van der Waals surface area (Å²) in [5.74, 6) is -1.87. The number of hydrogen-bond acceptors (Lipinski definition) is 6. The van der Waals surface area contributed by atoms with Gasteiger partial charge in [0.2, 0.25) is 5.56 Å². The molecule has 2 heterocycles. The number of amides is 1. The van der Waals surface area contributed by atoms with Gasteiger partial charge in [0, 0.05) is 49.2 Å². The maximum Gasteiger partial charge on any atom is 0.326 e. The van der Waals surface area contributed by atoms with Crippen LogP contribution in [0.1, 0.15) is 16.8 Å². The molecule has 0 radical (unpaired) electrons. The molecule has 0 aliphatic carbocycles. The van der Waals surface area contributed by atoms with E-state index in [-0.39, 0.29) is 35.1 Å². The van der Waals surface area contributed by atoms with Crippen molar-refractivity contribution < 1.29 is 24.4 Å². The van der Waals surface area contributed by atoms with Gasteiger partial charge in [0.05, 0.1) is 16.6 Å². The van der Waals surface area contributed by atoms with E-state index in [1.54, 1.807) is 0 Å². The number of nitrogens with zero attached hydrogens (tertiary/aromatic N) is 2. The van der Waals surface area contributed by atoms with Crippen LogP contribution in [0.2, 0.25) is 0 Å². The number of hydrogen-bond donors (Lipinski definition) is 2. The number of nitro groups is 1. The van der Waals surface area contributed by atoms with Crippen LogP contribution in [0.4, 0.5) is 5.69 Å². The second kappa shape index (κ2) is 6.56. The highest BCUT2D eigenvalue weighted by Gasteiger charge is 2.40. The fourth-order valence-electron chi connectivity index (χ4n) is 3.11. The topological polar surface area (TPSA) is 143 Å². The lowest BCUT2D eigenvalue weighted by atomic mass is 10.1. The maximum atomic E-state index is 13.0. The largest absolute Gasteiger partial charge is 0.480 e. The van der Waals surface area contributed by atoms with E-state index in [2.05, 4.69) is 4.98 Å². The number of likely N-dealkylation sites (tertiary alicyclic amines) is 1. The zero-order chi connectivity index (χ0) is 19.0. The average Bonchev–Trinajstić information content (AvgIpc) is 3.04. The van der Waals surface area contributed by atoms with E-state index >= 15 is 0 Å². The van der Waals surface area contributed by atoms with Crippen molar-refractivity contribution in [2.24, 2.45) is 0 Å². The molecule has 2 aromatic rings. The Bertz CT molecular complexity index is 968. The van der Waals surface area contributed by atoms with Crippen LogP contribution in [0.5, 0.6) is 0 Å². The fourth-order valence-corrected chi connectivity index (χ4v) is 3.11. The van der Waals surface area contributed by atoms with Gasteiger partial charge in [0.25, 0.3) is 11.6 Å². The molecule has 1 saturated heterocycles. The van der Waals surface area contributed by atoms with E-state index in [9.17, 15) is 29.6 Å². The zero-order valence-corrected chi connectivity index (χ0v) is 13.7. The molecule has 10 heteroatoms. The number of ether oxygens (including phenoxy) is 1. The number of aromatic amines is 1. The number of methoxy groups -OCH3 is 1. The van der Waals surface area contributed by atoms with Crippen LogP contribution in [0.3, 0.4) is 0 Å². The molecular weight excluding hydrogens is 346 g/mol. The Balaban J connectivity index is 2.12. The highest BCUT2D eigenvalue weighted by molar-refractivity contribution is 6.07. The predicted molar refractivity (Wildman–Crippen MR) is 89.1 cm³/mol. The molecule has 1 amide bonds. The van der Waals surface area contributed by atoms with E-state index < -0.39 is 34.5 Å². The Hall–Kier alpha value is -3.27. The number of nitro benzene ring substituents is 1. The van der Waals surface area contributed by atoms with Crippen molar-refractivity contribution in [1.29, 1.82) is 0 Å². The molecule has 1 aromatic carbocycles. The first kappa shape index (κ1) is 17.5. The monoisotopic (exact) mass is 361 g/mol. The van der Waals surface area contributed by atoms with E-state index in [1.165, 1.54) is 25.3 Å². The molecule has 1 aliphatic rings. The van der Waals surface area contributed by atoms with E-state index in [1.807, 2.05) is 0 Å². The van der Waals surface area contributed by atoms with Crippen LogP contribution in [0.15, 0.2) is 29.1 Å². The summed E-state index contributed by atoms with van der Waals surface area (Å²) in [6.45, 7) is 0.0511. The fraction of sp³-hybridized carbons (Fsp3) is 0.312. The normalized spacial score (nSPS) is 19.7. The zero-order valence-electron chi connectivity index (χ0n) is 13.7. The number of H-pyrrole nitrogens is 1. The molecule has 10 nitrogen and oxygen atoms in total. The van der Waals surface area contributed by atoms with Crippen molar-refractivity contribution in [1.82, 2.24) is 9.88 Å². The summed E-state index contributed by atoms with van der Waals surface area (Å²) in [5.41, 5.74) is -0.648. The summed E-state index contributed by atoms with van der Waals surface area (Å²) in [6.07, 6.45) is -0.318. The third-order valence-corrected chi connectivity index (χ3v) is 4.41. The van der Waals surface area contributed by atoms with Crippen molar-refractivity contribution in [3.8, 4) is 0 Å². The van der Waals surface area contributed by atoms with Crippen molar-refractivity contribution >= 4 is 28.5 Å². The van der Waals surface area contributed by atoms with Gasteiger partial charge in [-0.25, -0.2) is 4.79 Å². The number of carboxylic acid groups (broad SMARTS) is 1. The van der Waals surface area contributed by atoms with Gasteiger partial charge in [0.1, 0.15) is 6.04 Å². The SMILES string of the molecule is COC1CC(C(=O)O)N(C(=O)c2cc(=O)[nH]c3ccc([N+](=O)[O-])cc23)C1. The van der Waals surface area contributed by atoms with Crippen molar-refractivity contribution in [2.45, 2.75) is 18.6 Å². The van der Waals surface area contributed by atoms with Crippen LogP contribution >= 0.6 is 0 Å². The van der Waals surface area contributed by atoms with Crippen molar-refractivity contribution in [2.75, 3.05) is 13.7 Å². The molecule has 0 saturated carbocycles. The van der Waals surface area contributed by atoms with Gasteiger partial charge in [-0.05, 0) is 6.07 Å². The van der Waals surface area contributed by atoms with Gasteiger partial charge in [-0.1, -0.05) is 0 Å². The standard InChI is InChI=1S/C16H15N3O7/c1-26-9-5-13(16(22)23)18(7-9)15(21)11-6-14(20)17-12-3-2-8(19(24)25)4-10(11)12/h2-4,6,9,13H,5,7H2,1H3,(H,17,20)(H,22,23). The Labute approximate surface area is 146 Å². The molecule has 2 N–H and O–H groups in total. The number of non-ortho nitro benzene ring substituents is 1. The molecule has 0 spiro atoms. The minimum atomic E-state index is -1.18. The minimum Gasteiger partial charge on any atom is -0.480 e. The summed E-state index contributed by atoms with van der Waals surface area (Å²) < 4.78 is 5.16. The highest BCUT2D eigenvalue weighted by Crippen LogP contribution is 2.27. The van der Waals surface area contributed by atoms with Gasteiger partial charge in [-0.3, -0.25) is 19.7 Å². The number of nitrogens with one attached hydrogen (secondary N) is 1. The molecule has 3 rings (SSSR count). The van der Waals surface area contributed by atoms with Crippen LogP contribution in [0.25, 0.3) is 10.9 Å². The summed E-state index contributed by atoms with van der Waals surface area (Å²) in [4.78, 5) is 50.3. The quantitative estimate of drug-likeness (QED) is 0.604. The van der Waals surface area contributed by atoms with Crippen LogP contribution in [-0.2, 0) is 9.53 Å². The Morgan fingerprint density at radius 3 is 2.73 bits per heavy atom. The number of aliphatic carboxylic acids is 1. The van der Waals surface area contributed by atoms with E-state index in [4.69, 9.17) is 4.74 Å². The molecule has 0 bridgehead atoms. The second-order valence-electron chi connectivity index (χ2n) is 5.94. The van der Waals surface area contributed by atoms with Crippen LogP contribution in [0, 0.1) is 10.1 Å². The number of benzene rings is 1. The second-order valence-corrected chi connectivity index (χ2v) is 5.94. The molecule has 1 fully saturated rings. The third-order valence-electron chi connectivity index (χ3n) is 4.41. The van der Waals surface area contributed by atoms with Crippen LogP contribution < -0.4 is 5.56 Å². The number of carboxylic acids is 1. The van der Waals surface area contributed by atoms with E-state index in [0.29, 0.717) is 0 Å². The summed E-state index contributed by atoms with van der Waals surface area (Å²) >= 11 is 0. The number of rotatable bonds is 4. The summed E-state index contributed by atoms with van der Waals surface area (Å²) in [5, 5.41) is 20.6. The maximum absolute atomic E-state index is 13.0. The van der Waals surface area contributed by atoms with Gasteiger partial charge < -0.3 is 19.7 Å².